The Hall–Kier alpha value is -2.76. The summed E-state index contributed by atoms with van der Waals surface area (Å²) in [5.41, 5.74) is 1.85. The van der Waals surface area contributed by atoms with Gasteiger partial charge in [-0.2, -0.15) is 8.78 Å². The lowest BCUT2D eigenvalue weighted by atomic mass is 10.1. The maximum atomic E-state index is 12.4. The minimum absolute atomic E-state index is 0. The zero-order valence-electron chi connectivity index (χ0n) is 18.5. The maximum Gasteiger partial charge on any atom is 0.387 e. The molecule has 1 aliphatic rings. The summed E-state index contributed by atoms with van der Waals surface area (Å²) in [7, 11) is 3.55. The van der Waals surface area contributed by atoms with Gasteiger partial charge in [-0.1, -0.05) is 24.3 Å². The number of imide groups is 1. The van der Waals surface area contributed by atoms with E-state index in [1.807, 2.05) is 11.9 Å². The molecule has 1 N–H and O–H groups in total. The fraction of sp³-hybridized carbons (Fsp3) is 0.348. The van der Waals surface area contributed by atoms with Gasteiger partial charge in [-0.05, 0) is 42.7 Å². The lowest BCUT2D eigenvalue weighted by Crippen LogP contribution is -2.39. The van der Waals surface area contributed by atoms with Crippen LogP contribution in [0.4, 0.5) is 8.78 Å². The molecule has 0 radical (unpaired) electrons. The predicted octanol–water partition coefficient (Wildman–Crippen LogP) is 3.99. The number of aliphatic imine (C=N–C) groups is 1. The Bertz CT molecular complexity index is 951. The van der Waals surface area contributed by atoms with E-state index in [1.54, 1.807) is 43.4 Å². The van der Waals surface area contributed by atoms with Crippen LogP contribution < -0.4 is 10.1 Å². The molecule has 1 aliphatic heterocycles. The number of nitrogens with one attached hydrogen (secondary N) is 1. The van der Waals surface area contributed by atoms with Crippen molar-refractivity contribution in [3.05, 3.63) is 65.2 Å². The molecule has 0 aliphatic carbocycles. The molecule has 0 bridgehead atoms. The summed E-state index contributed by atoms with van der Waals surface area (Å²) >= 11 is 0. The van der Waals surface area contributed by atoms with E-state index in [0.29, 0.717) is 43.1 Å². The van der Waals surface area contributed by atoms with E-state index in [4.69, 9.17) is 0 Å². The van der Waals surface area contributed by atoms with Gasteiger partial charge in [0.2, 0.25) is 0 Å². The Morgan fingerprint density at radius 3 is 2.21 bits per heavy atom. The van der Waals surface area contributed by atoms with Crippen molar-refractivity contribution in [3.63, 3.8) is 0 Å². The number of alkyl halides is 2. The molecular weight excluding hydrogens is 545 g/mol. The van der Waals surface area contributed by atoms with E-state index < -0.39 is 6.61 Å². The molecule has 3 rings (SSSR count). The molecular formula is C23H27F2IN4O3. The lowest BCUT2D eigenvalue weighted by Gasteiger charge is -2.22. The Balaban J connectivity index is 0.00000385. The summed E-state index contributed by atoms with van der Waals surface area (Å²) in [5.74, 6) is 0.323. The van der Waals surface area contributed by atoms with Crippen molar-refractivity contribution < 1.29 is 23.1 Å². The number of rotatable bonds is 9. The molecule has 2 amide bonds. The summed E-state index contributed by atoms with van der Waals surface area (Å²) in [6, 6.07) is 13.3. The molecule has 0 saturated carbocycles. The maximum absolute atomic E-state index is 12.4. The standard InChI is InChI=1S/C23H26F2N4O3.HI/c1-26-23(28(2)15-16-9-11-17(12-10-16)32-22(24)25)27-13-5-6-14-29-20(30)18-7-3-4-8-19(18)21(29)31;/h3-4,7-12,22H,5-6,13-15H2,1-2H3,(H,26,27);1H. The Morgan fingerprint density at radius 2 is 1.67 bits per heavy atom. The Morgan fingerprint density at radius 1 is 1.06 bits per heavy atom. The van der Waals surface area contributed by atoms with Crippen LogP contribution in [0, 0.1) is 0 Å². The molecule has 0 aromatic heterocycles. The van der Waals surface area contributed by atoms with Crippen LogP contribution >= 0.6 is 24.0 Å². The molecule has 0 atom stereocenters. The minimum Gasteiger partial charge on any atom is -0.435 e. The second-order valence-electron chi connectivity index (χ2n) is 7.37. The van der Waals surface area contributed by atoms with Gasteiger partial charge in [0, 0.05) is 33.7 Å². The summed E-state index contributed by atoms with van der Waals surface area (Å²) in [4.78, 5) is 32.2. The van der Waals surface area contributed by atoms with Crippen molar-refractivity contribution >= 4 is 41.8 Å². The van der Waals surface area contributed by atoms with Crippen molar-refractivity contribution in [2.45, 2.75) is 26.0 Å². The van der Waals surface area contributed by atoms with Crippen molar-refractivity contribution in [1.29, 1.82) is 0 Å². The third-order valence-electron chi connectivity index (χ3n) is 5.11. The topological polar surface area (TPSA) is 74.2 Å². The first kappa shape index (κ1) is 26.5. The van der Waals surface area contributed by atoms with E-state index in [2.05, 4.69) is 15.0 Å². The van der Waals surface area contributed by atoms with Gasteiger partial charge in [0.15, 0.2) is 5.96 Å². The second kappa shape index (κ2) is 12.5. The lowest BCUT2D eigenvalue weighted by molar-refractivity contribution is -0.0498. The van der Waals surface area contributed by atoms with Gasteiger partial charge in [-0.15, -0.1) is 24.0 Å². The number of halogens is 3. The van der Waals surface area contributed by atoms with Crippen molar-refractivity contribution in [2.24, 2.45) is 4.99 Å². The first-order valence-electron chi connectivity index (χ1n) is 10.3. The fourth-order valence-corrected chi connectivity index (χ4v) is 3.55. The number of amides is 2. The molecule has 0 spiro atoms. The average molecular weight is 572 g/mol. The average Bonchev–Trinajstić information content (AvgIpc) is 3.02. The molecule has 2 aromatic carbocycles. The van der Waals surface area contributed by atoms with E-state index >= 15 is 0 Å². The number of ether oxygens (including phenoxy) is 1. The number of benzene rings is 2. The summed E-state index contributed by atoms with van der Waals surface area (Å²) in [6.07, 6.45) is 1.42. The summed E-state index contributed by atoms with van der Waals surface area (Å²) in [6.45, 7) is -1.32. The quantitative estimate of drug-likeness (QED) is 0.162. The van der Waals surface area contributed by atoms with Gasteiger partial charge >= 0.3 is 6.61 Å². The van der Waals surface area contributed by atoms with Gasteiger partial charge in [0.25, 0.3) is 11.8 Å². The molecule has 0 unspecified atom stereocenters. The molecule has 0 saturated heterocycles. The van der Waals surface area contributed by atoms with E-state index in [0.717, 1.165) is 12.0 Å². The first-order valence-corrected chi connectivity index (χ1v) is 10.3. The van der Waals surface area contributed by atoms with Crippen LogP contribution in [0.15, 0.2) is 53.5 Å². The number of hydrogen-bond donors (Lipinski definition) is 1. The molecule has 178 valence electrons. The number of unbranched alkanes of at least 4 members (excludes halogenated alkanes) is 1. The SMILES string of the molecule is CN=C(NCCCCN1C(=O)c2ccccc2C1=O)N(C)Cc1ccc(OC(F)F)cc1.I. The summed E-state index contributed by atoms with van der Waals surface area (Å²) in [5, 5.41) is 3.26. The monoisotopic (exact) mass is 572 g/mol. The number of hydrogen-bond acceptors (Lipinski definition) is 4. The smallest absolute Gasteiger partial charge is 0.387 e. The van der Waals surface area contributed by atoms with E-state index in [9.17, 15) is 18.4 Å². The number of guanidine groups is 1. The molecule has 7 nitrogen and oxygen atoms in total. The van der Waals surface area contributed by atoms with Crippen molar-refractivity contribution in [2.75, 3.05) is 27.2 Å². The summed E-state index contributed by atoms with van der Waals surface area (Å²) < 4.78 is 28.9. The van der Waals surface area contributed by atoms with Gasteiger partial charge in [-0.3, -0.25) is 19.5 Å². The largest absolute Gasteiger partial charge is 0.435 e. The second-order valence-corrected chi connectivity index (χ2v) is 7.37. The number of fused-ring (bicyclic) bond motifs is 1. The Labute approximate surface area is 208 Å². The van der Waals surface area contributed by atoms with Crippen LogP contribution in [0.2, 0.25) is 0 Å². The van der Waals surface area contributed by atoms with Crippen LogP contribution in [0.3, 0.4) is 0 Å². The predicted molar refractivity (Wildman–Crippen MR) is 132 cm³/mol. The zero-order valence-corrected chi connectivity index (χ0v) is 20.8. The molecule has 0 fully saturated rings. The van der Waals surface area contributed by atoms with Gasteiger partial charge in [0.1, 0.15) is 5.75 Å². The fourth-order valence-electron chi connectivity index (χ4n) is 3.55. The van der Waals surface area contributed by atoms with Crippen molar-refractivity contribution in [1.82, 2.24) is 15.1 Å². The highest BCUT2D eigenvalue weighted by Crippen LogP contribution is 2.22. The highest BCUT2D eigenvalue weighted by Gasteiger charge is 2.34. The van der Waals surface area contributed by atoms with Crippen LogP contribution in [-0.2, 0) is 6.54 Å². The van der Waals surface area contributed by atoms with Gasteiger partial charge in [0.05, 0.1) is 11.1 Å². The van der Waals surface area contributed by atoms with Crippen LogP contribution in [0.1, 0.15) is 39.1 Å². The van der Waals surface area contributed by atoms with Crippen LogP contribution in [-0.4, -0.2) is 61.4 Å². The molecule has 1 heterocycles. The van der Waals surface area contributed by atoms with E-state index in [1.165, 1.54) is 17.0 Å². The van der Waals surface area contributed by atoms with Gasteiger partial charge < -0.3 is 15.0 Å². The molecule has 33 heavy (non-hydrogen) atoms. The Kier molecular flexibility index (Phi) is 10.0. The third kappa shape index (κ3) is 6.86. The zero-order chi connectivity index (χ0) is 23.1. The third-order valence-corrected chi connectivity index (χ3v) is 5.11. The normalized spacial score (nSPS) is 13.1. The first-order chi connectivity index (χ1) is 15.4. The van der Waals surface area contributed by atoms with Crippen LogP contribution in [0.25, 0.3) is 0 Å². The highest BCUT2D eigenvalue weighted by molar-refractivity contribution is 14.0. The van der Waals surface area contributed by atoms with E-state index in [-0.39, 0.29) is 41.5 Å². The number of carbonyl (C=O) groups excluding carboxylic acids is 2. The highest BCUT2D eigenvalue weighted by atomic mass is 127. The minimum atomic E-state index is -2.84. The number of carbonyl (C=O) groups is 2. The van der Waals surface area contributed by atoms with Crippen molar-refractivity contribution in [3.8, 4) is 5.75 Å². The molecule has 2 aromatic rings. The number of nitrogens with zero attached hydrogens (tertiary/aromatic N) is 3. The molecule has 10 heteroatoms. The van der Waals surface area contributed by atoms with Crippen LogP contribution in [0.5, 0.6) is 5.75 Å². The van der Waals surface area contributed by atoms with Gasteiger partial charge in [-0.25, -0.2) is 0 Å².